The standard InChI is InChI=1S/C13H19N3O3/c1-9(2)8-19-10(3)12(17)15-16-13(18)11-6-4-5-7-14-11/h4-7,9-10H,8H2,1-3H3,(H,15,17)(H,16,18)/t10-/m0/s1. The molecule has 0 unspecified atom stereocenters. The summed E-state index contributed by atoms with van der Waals surface area (Å²) in [7, 11) is 0. The van der Waals surface area contributed by atoms with Gasteiger partial charge in [0.15, 0.2) is 0 Å². The maximum atomic E-state index is 11.6. The summed E-state index contributed by atoms with van der Waals surface area (Å²) in [6.45, 7) is 6.11. The summed E-state index contributed by atoms with van der Waals surface area (Å²) in [6, 6.07) is 4.95. The van der Waals surface area contributed by atoms with Crippen LogP contribution in [0, 0.1) is 5.92 Å². The zero-order valence-electron chi connectivity index (χ0n) is 11.3. The average molecular weight is 265 g/mol. The van der Waals surface area contributed by atoms with Gasteiger partial charge in [0, 0.05) is 12.8 Å². The molecule has 1 heterocycles. The predicted octanol–water partition coefficient (Wildman–Crippen LogP) is 0.904. The number of hydrogen-bond acceptors (Lipinski definition) is 4. The molecule has 0 saturated heterocycles. The molecule has 0 radical (unpaired) electrons. The molecule has 0 fully saturated rings. The summed E-state index contributed by atoms with van der Waals surface area (Å²) in [5.41, 5.74) is 4.82. The fourth-order valence-electron chi connectivity index (χ4n) is 1.19. The van der Waals surface area contributed by atoms with Crippen molar-refractivity contribution >= 4 is 11.8 Å². The van der Waals surface area contributed by atoms with Crippen molar-refractivity contribution in [3.8, 4) is 0 Å². The smallest absolute Gasteiger partial charge is 0.288 e. The number of nitrogens with zero attached hydrogens (tertiary/aromatic N) is 1. The van der Waals surface area contributed by atoms with E-state index in [1.165, 1.54) is 6.20 Å². The van der Waals surface area contributed by atoms with E-state index in [0.29, 0.717) is 12.5 Å². The van der Waals surface area contributed by atoms with Gasteiger partial charge in [-0.1, -0.05) is 19.9 Å². The fourth-order valence-corrected chi connectivity index (χ4v) is 1.19. The quantitative estimate of drug-likeness (QED) is 0.775. The molecular weight excluding hydrogens is 246 g/mol. The highest BCUT2D eigenvalue weighted by molar-refractivity contribution is 5.93. The topological polar surface area (TPSA) is 80.3 Å². The van der Waals surface area contributed by atoms with E-state index in [0.717, 1.165) is 0 Å². The minimum atomic E-state index is -0.619. The second-order valence-electron chi connectivity index (χ2n) is 4.53. The van der Waals surface area contributed by atoms with Gasteiger partial charge < -0.3 is 4.74 Å². The van der Waals surface area contributed by atoms with E-state index < -0.39 is 17.9 Å². The molecule has 104 valence electrons. The van der Waals surface area contributed by atoms with Crippen LogP contribution >= 0.6 is 0 Å². The zero-order valence-corrected chi connectivity index (χ0v) is 11.3. The number of nitrogens with one attached hydrogen (secondary N) is 2. The Morgan fingerprint density at radius 1 is 1.26 bits per heavy atom. The van der Waals surface area contributed by atoms with E-state index in [1.54, 1.807) is 25.1 Å². The Morgan fingerprint density at radius 2 is 2.00 bits per heavy atom. The van der Waals surface area contributed by atoms with Gasteiger partial charge in [-0.25, -0.2) is 0 Å². The molecule has 1 aromatic rings. The first-order valence-electron chi connectivity index (χ1n) is 6.13. The van der Waals surface area contributed by atoms with Gasteiger partial charge >= 0.3 is 0 Å². The maximum absolute atomic E-state index is 11.6. The molecule has 0 aliphatic carbocycles. The molecule has 6 nitrogen and oxygen atoms in total. The van der Waals surface area contributed by atoms with Gasteiger partial charge in [0.1, 0.15) is 11.8 Å². The van der Waals surface area contributed by atoms with Crippen LogP contribution in [0.15, 0.2) is 24.4 Å². The predicted molar refractivity (Wildman–Crippen MR) is 70.1 cm³/mol. The lowest BCUT2D eigenvalue weighted by atomic mass is 10.2. The van der Waals surface area contributed by atoms with Crippen molar-refractivity contribution in [2.24, 2.45) is 5.92 Å². The number of carbonyl (C=O) groups excluding carboxylic acids is 2. The third-order valence-corrected chi connectivity index (χ3v) is 2.25. The SMILES string of the molecule is CC(C)CO[C@@H](C)C(=O)NNC(=O)c1ccccn1. The Hall–Kier alpha value is -1.95. The van der Waals surface area contributed by atoms with Crippen LogP contribution in [0.1, 0.15) is 31.3 Å². The van der Waals surface area contributed by atoms with Crippen molar-refractivity contribution < 1.29 is 14.3 Å². The summed E-state index contributed by atoms with van der Waals surface area (Å²) in [5.74, 6) is -0.520. The zero-order chi connectivity index (χ0) is 14.3. The Balaban J connectivity index is 2.36. The van der Waals surface area contributed by atoms with Gasteiger partial charge in [-0.3, -0.25) is 25.4 Å². The number of rotatable bonds is 5. The average Bonchev–Trinajstić information content (AvgIpc) is 2.42. The number of ether oxygens (including phenoxy) is 1. The summed E-state index contributed by atoms with van der Waals surface area (Å²) < 4.78 is 5.32. The van der Waals surface area contributed by atoms with Crippen molar-refractivity contribution in [2.45, 2.75) is 26.9 Å². The second-order valence-corrected chi connectivity index (χ2v) is 4.53. The molecule has 0 bridgehead atoms. The van der Waals surface area contributed by atoms with Crippen LogP contribution in [-0.2, 0) is 9.53 Å². The van der Waals surface area contributed by atoms with Gasteiger partial charge in [0.25, 0.3) is 11.8 Å². The van der Waals surface area contributed by atoms with Crippen LogP contribution in [0.3, 0.4) is 0 Å². The minimum Gasteiger partial charge on any atom is -0.368 e. The molecule has 0 aliphatic rings. The molecule has 0 spiro atoms. The highest BCUT2D eigenvalue weighted by atomic mass is 16.5. The molecule has 6 heteroatoms. The molecule has 2 N–H and O–H groups in total. The first kappa shape index (κ1) is 15.1. The van der Waals surface area contributed by atoms with Crippen molar-refractivity contribution in [3.63, 3.8) is 0 Å². The number of hydrogen-bond donors (Lipinski definition) is 2. The molecule has 2 amide bonds. The third kappa shape index (κ3) is 5.48. The molecule has 1 aromatic heterocycles. The number of carbonyl (C=O) groups is 2. The number of aromatic nitrogens is 1. The first-order chi connectivity index (χ1) is 9.00. The van der Waals surface area contributed by atoms with Crippen molar-refractivity contribution in [3.05, 3.63) is 30.1 Å². The van der Waals surface area contributed by atoms with E-state index in [4.69, 9.17) is 4.74 Å². The number of amides is 2. The van der Waals surface area contributed by atoms with Crippen LogP contribution < -0.4 is 10.9 Å². The van der Waals surface area contributed by atoms with E-state index in [9.17, 15) is 9.59 Å². The second kappa shape index (κ2) is 7.48. The summed E-state index contributed by atoms with van der Waals surface area (Å²) >= 11 is 0. The molecule has 19 heavy (non-hydrogen) atoms. The van der Waals surface area contributed by atoms with Crippen LogP contribution in [-0.4, -0.2) is 29.5 Å². The third-order valence-electron chi connectivity index (χ3n) is 2.25. The Labute approximate surface area is 112 Å². The van der Waals surface area contributed by atoms with Gasteiger partial charge in [0.05, 0.1) is 0 Å². The van der Waals surface area contributed by atoms with Gasteiger partial charge in [0.2, 0.25) is 0 Å². The van der Waals surface area contributed by atoms with E-state index in [-0.39, 0.29) is 5.69 Å². The molecule has 1 atom stereocenters. The van der Waals surface area contributed by atoms with Gasteiger partial charge in [-0.15, -0.1) is 0 Å². The lowest BCUT2D eigenvalue weighted by Gasteiger charge is -2.15. The van der Waals surface area contributed by atoms with E-state index in [1.807, 2.05) is 13.8 Å². The highest BCUT2D eigenvalue weighted by Crippen LogP contribution is 1.97. The van der Waals surface area contributed by atoms with Gasteiger partial charge in [-0.2, -0.15) is 0 Å². The van der Waals surface area contributed by atoms with Crippen LogP contribution in [0.25, 0.3) is 0 Å². The van der Waals surface area contributed by atoms with Crippen molar-refractivity contribution in [1.82, 2.24) is 15.8 Å². The number of pyridine rings is 1. The van der Waals surface area contributed by atoms with Crippen molar-refractivity contribution in [1.29, 1.82) is 0 Å². The largest absolute Gasteiger partial charge is 0.368 e. The summed E-state index contributed by atoms with van der Waals surface area (Å²) in [5, 5.41) is 0. The van der Waals surface area contributed by atoms with Crippen LogP contribution in [0.2, 0.25) is 0 Å². The Morgan fingerprint density at radius 3 is 2.58 bits per heavy atom. The normalized spacial score (nSPS) is 12.0. The maximum Gasteiger partial charge on any atom is 0.288 e. The molecule has 0 aliphatic heterocycles. The van der Waals surface area contributed by atoms with E-state index >= 15 is 0 Å². The summed E-state index contributed by atoms with van der Waals surface area (Å²) in [6.07, 6.45) is 0.886. The Kier molecular flexibility index (Phi) is 5.95. The van der Waals surface area contributed by atoms with Crippen molar-refractivity contribution in [2.75, 3.05) is 6.61 Å². The summed E-state index contributed by atoms with van der Waals surface area (Å²) in [4.78, 5) is 27.1. The van der Waals surface area contributed by atoms with E-state index in [2.05, 4.69) is 15.8 Å². The lowest BCUT2D eigenvalue weighted by Crippen LogP contribution is -2.46. The molecule has 1 rings (SSSR count). The molecular formula is C13H19N3O3. The van der Waals surface area contributed by atoms with Crippen LogP contribution in [0.4, 0.5) is 0 Å². The first-order valence-corrected chi connectivity index (χ1v) is 6.13. The highest BCUT2D eigenvalue weighted by Gasteiger charge is 2.15. The lowest BCUT2D eigenvalue weighted by molar-refractivity contribution is -0.133. The molecule has 0 saturated carbocycles. The Bertz CT molecular complexity index is 420. The fraction of sp³-hybridized carbons (Fsp3) is 0.462. The minimum absolute atomic E-state index is 0.235. The monoisotopic (exact) mass is 265 g/mol. The van der Waals surface area contributed by atoms with Crippen LogP contribution in [0.5, 0.6) is 0 Å². The molecule has 0 aromatic carbocycles. The van der Waals surface area contributed by atoms with Gasteiger partial charge in [-0.05, 0) is 25.0 Å². The number of hydrazine groups is 1.